The van der Waals surface area contributed by atoms with Crippen LogP contribution < -0.4 is 14.8 Å². The molecule has 1 aliphatic rings. The van der Waals surface area contributed by atoms with Gasteiger partial charge < -0.3 is 14.8 Å². The van der Waals surface area contributed by atoms with Gasteiger partial charge >= 0.3 is 0 Å². The molecule has 0 saturated carbocycles. The molecule has 0 radical (unpaired) electrons. The number of hydrogen-bond donors (Lipinski definition) is 1. The summed E-state index contributed by atoms with van der Waals surface area (Å²) in [5, 5.41) is 2.87. The molecular weight excluding hydrogens is 266 g/mol. The SMILES string of the molecule is CCc1cccc(NC(=O)[C@@H]2COc3ccccc3O2)c1. The largest absolute Gasteiger partial charge is 0.485 e. The van der Waals surface area contributed by atoms with E-state index in [9.17, 15) is 4.79 Å². The van der Waals surface area contributed by atoms with Crippen LogP contribution in [0, 0.1) is 0 Å². The van der Waals surface area contributed by atoms with Crippen LogP contribution in [0.2, 0.25) is 0 Å². The average molecular weight is 283 g/mol. The summed E-state index contributed by atoms with van der Waals surface area (Å²) < 4.78 is 11.2. The fourth-order valence-corrected chi connectivity index (χ4v) is 2.24. The molecule has 1 amide bonds. The van der Waals surface area contributed by atoms with E-state index in [0.717, 1.165) is 12.1 Å². The number of nitrogens with one attached hydrogen (secondary N) is 1. The van der Waals surface area contributed by atoms with Crippen LogP contribution in [0.25, 0.3) is 0 Å². The van der Waals surface area contributed by atoms with E-state index in [-0.39, 0.29) is 12.5 Å². The predicted molar refractivity (Wildman–Crippen MR) is 80.8 cm³/mol. The number of aryl methyl sites for hydroxylation is 1. The van der Waals surface area contributed by atoms with Gasteiger partial charge in [0.1, 0.15) is 6.61 Å². The lowest BCUT2D eigenvalue weighted by molar-refractivity contribution is -0.125. The van der Waals surface area contributed by atoms with Crippen molar-refractivity contribution in [3.63, 3.8) is 0 Å². The normalized spacial score (nSPS) is 16.3. The number of hydrogen-bond acceptors (Lipinski definition) is 3. The fraction of sp³-hybridized carbons (Fsp3) is 0.235. The van der Waals surface area contributed by atoms with Gasteiger partial charge in [0.25, 0.3) is 5.91 Å². The number of amides is 1. The van der Waals surface area contributed by atoms with E-state index in [1.165, 1.54) is 5.56 Å². The summed E-state index contributed by atoms with van der Waals surface area (Å²) in [7, 11) is 0. The van der Waals surface area contributed by atoms with E-state index in [0.29, 0.717) is 11.5 Å². The van der Waals surface area contributed by atoms with E-state index in [2.05, 4.69) is 12.2 Å². The molecule has 1 aliphatic heterocycles. The number of para-hydroxylation sites is 2. The van der Waals surface area contributed by atoms with Crippen LogP contribution in [0.1, 0.15) is 12.5 Å². The first-order chi connectivity index (χ1) is 10.3. The Balaban J connectivity index is 1.69. The van der Waals surface area contributed by atoms with Crippen molar-refractivity contribution in [1.29, 1.82) is 0 Å². The van der Waals surface area contributed by atoms with Gasteiger partial charge in [-0.15, -0.1) is 0 Å². The first kappa shape index (κ1) is 13.5. The number of anilines is 1. The number of carbonyl (C=O) groups excluding carboxylic acids is 1. The van der Waals surface area contributed by atoms with E-state index in [4.69, 9.17) is 9.47 Å². The Morgan fingerprint density at radius 1 is 1.19 bits per heavy atom. The molecule has 4 heteroatoms. The second kappa shape index (κ2) is 5.87. The molecule has 1 atom stereocenters. The highest BCUT2D eigenvalue weighted by molar-refractivity contribution is 5.94. The molecule has 0 aliphatic carbocycles. The summed E-state index contributed by atoms with van der Waals surface area (Å²) in [6.07, 6.45) is 0.297. The van der Waals surface area contributed by atoms with Crippen molar-refractivity contribution in [2.45, 2.75) is 19.4 Å². The summed E-state index contributed by atoms with van der Waals surface area (Å²) in [5.41, 5.74) is 1.96. The molecular formula is C17H17NO3. The highest BCUT2D eigenvalue weighted by Gasteiger charge is 2.27. The van der Waals surface area contributed by atoms with E-state index >= 15 is 0 Å². The van der Waals surface area contributed by atoms with Crippen molar-refractivity contribution in [3.05, 3.63) is 54.1 Å². The van der Waals surface area contributed by atoms with E-state index in [1.807, 2.05) is 42.5 Å². The van der Waals surface area contributed by atoms with Gasteiger partial charge in [0.15, 0.2) is 11.5 Å². The Morgan fingerprint density at radius 3 is 2.81 bits per heavy atom. The minimum Gasteiger partial charge on any atom is -0.485 e. The molecule has 1 N–H and O–H groups in total. The standard InChI is InChI=1S/C17H17NO3/c1-2-12-6-5-7-13(10-12)18-17(19)16-11-20-14-8-3-4-9-15(14)21-16/h3-10,16H,2,11H2,1H3,(H,18,19)/t16-/m0/s1. The van der Waals surface area contributed by atoms with Crippen LogP contribution in [0.5, 0.6) is 11.5 Å². The Hall–Kier alpha value is -2.49. The number of ether oxygens (including phenoxy) is 2. The molecule has 3 rings (SSSR count). The van der Waals surface area contributed by atoms with Crippen molar-refractivity contribution in [1.82, 2.24) is 0 Å². The molecule has 4 nitrogen and oxygen atoms in total. The van der Waals surface area contributed by atoms with E-state index < -0.39 is 6.10 Å². The predicted octanol–water partition coefficient (Wildman–Crippen LogP) is 3.03. The first-order valence-corrected chi connectivity index (χ1v) is 7.04. The van der Waals surface area contributed by atoms with E-state index in [1.54, 1.807) is 6.07 Å². The third-order valence-corrected chi connectivity index (χ3v) is 3.40. The van der Waals surface area contributed by atoms with Crippen LogP contribution >= 0.6 is 0 Å². The Morgan fingerprint density at radius 2 is 2.00 bits per heavy atom. The van der Waals surface area contributed by atoms with Crippen LogP contribution in [0.4, 0.5) is 5.69 Å². The fourth-order valence-electron chi connectivity index (χ4n) is 2.24. The summed E-state index contributed by atoms with van der Waals surface area (Å²) >= 11 is 0. The second-order valence-electron chi connectivity index (χ2n) is 4.91. The van der Waals surface area contributed by atoms with Crippen molar-refractivity contribution >= 4 is 11.6 Å². The zero-order valence-corrected chi connectivity index (χ0v) is 11.8. The Kier molecular flexibility index (Phi) is 3.77. The molecule has 0 spiro atoms. The van der Waals surface area contributed by atoms with Crippen molar-refractivity contribution < 1.29 is 14.3 Å². The molecule has 0 fully saturated rings. The van der Waals surface area contributed by atoms with Gasteiger partial charge in [-0.05, 0) is 36.2 Å². The molecule has 21 heavy (non-hydrogen) atoms. The van der Waals surface area contributed by atoms with Crippen molar-refractivity contribution in [2.24, 2.45) is 0 Å². The molecule has 2 aromatic rings. The van der Waals surface area contributed by atoms with Gasteiger partial charge in [-0.25, -0.2) is 0 Å². The maximum atomic E-state index is 12.3. The zero-order valence-electron chi connectivity index (χ0n) is 11.8. The average Bonchev–Trinajstić information content (AvgIpc) is 2.54. The summed E-state index contributed by atoms with van der Waals surface area (Å²) in [4.78, 5) is 12.3. The third kappa shape index (κ3) is 2.99. The number of rotatable bonds is 3. The molecule has 0 saturated heterocycles. The lowest BCUT2D eigenvalue weighted by Gasteiger charge is -2.25. The van der Waals surface area contributed by atoms with Gasteiger partial charge in [-0.3, -0.25) is 4.79 Å². The second-order valence-corrected chi connectivity index (χ2v) is 4.91. The van der Waals surface area contributed by atoms with Crippen molar-refractivity contribution in [3.8, 4) is 11.5 Å². The van der Waals surface area contributed by atoms with Gasteiger partial charge in [0, 0.05) is 5.69 Å². The maximum Gasteiger partial charge on any atom is 0.269 e. The summed E-state index contributed by atoms with van der Waals surface area (Å²) in [5.74, 6) is 1.08. The zero-order chi connectivity index (χ0) is 14.7. The minimum atomic E-state index is -0.634. The van der Waals surface area contributed by atoms with Gasteiger partial charge in [-0.2, -0.15) is 0 Å². The molecule has 0 aromatic heterocycles. The van der Waals surface area contributed by atoms with Gasteiger partial charge in [0.05, 0.1) is 0 Å². The molecule has 108 valence electrons. The quantitative estimate of drug-likeness (QED) is 0.942. The molecule has 2 aromatic carbocycles. The molecule has 0 unspecified atom stereocenters. The van der Waals surface area contributed by atoms with Crippen molar-refractivity contribution in [2.75, 3.05) is 11.9 Å². The minimum absolute atomic E-state index is 0.197. The highest BCUT2D eigenvalue weighted by atomic mass is 16.6. The number of benzene rings is 2. The van der Waals surface area contributed by atoms with Crippen LogP contribution in [0.3, 0.4) is 0 Å². The topological polar surface area (TPSA) is 47.6 Å². The summed E-state index contributed by atoms with van der Waals surface area (Å²) in [6.45, 7) is 2.30. The highest BCUT2D eigenvalue weighted by Crippen LogP contribution is 2.31. The molecule has 1 heterocycles. The van der Waals surface area contributed by atoms with Gasteiger partial charge in [-0.1, -0.05) is 31.2 Å². The lowest BCUT2D eigenvalue weighted by atomic mass is 10.1. The maximum absolute atomic E-state index is 12.3. The first-order valence-electron chi connectivity index (χ1n) is 7.04. The lowest BCUT2D eigenvalue weighted by Crippen LogP contribution is -2.40. The molecule has 0 bridgehead atoms. The van der Waals surface area contributed by atoms with Crippen LogP contribution in [-0.4, -0.2) is 18.6 Å². The van der Waals surface area contributed by atoms with Gasteiger partial charge in [0.2, 0.25) is 6.10 Å². The third-order valence-electron chi connectivity index (χ3n) is 3.40. The smallest absolute Gasteiger partial charge is 0.269 e. The summed E-state index contributed by atoms with van der Waals surface area (Å²) in [6, 6.07) is 15.2. The monoisotopic (exact) mass is 283 g/mol. The van der Waals surface area contributed by atoms with Crippen LogP contribution in [0.15, 0.2) is 48.5 Å². The Labute approximate surface area is 123 Å². The Bertz CT molecular complexity index is 654. The van der Waals surface area contributed by atoms with Crippen LogP contribution in [-0.2, 0) is 11.2 Å². The number of carbonyl (C=O) groups is 1. The number of fused-ring (bicyclic) bond motifs is 1.